The maximum Gasteiger partial charge on any atom is 0.150 e. The Labute approximate surface area is 106 Å². The van der Waals surface area contributed by atoms with Gasteiger partial charge in [-0.25, -0.2) is 12.8 Å². The first-order valence-corrected chi connectivity index (χ1v) is 7.74. The van der Waals surface area contributed by atoms with Crippen molar-refractivity contribution in [2.45, 2.75) is 18.9 Å². The Bertz CT molecular complexity index is 519. The number of hydrogen-bond donors (Lipinski definition) is 2. The van der Waals surface area contributed by atoms with Crippen LogP contribution in [0.3, 0.4) is 0 Å². The number of hydrogen-bond acceptors (Lipinski definition) is 4. The van der Waals surface area contributed by atoms with Gasteiger partial charge in [-0.05, 0) is 36.5 Å². The van der Waals surface area contributed by atoms with E-state index >= 15 is 0 Å². The largest absolute Gasteiger partial charge is 0.271 e. The summed E-state index contributed by atoms with van der Waals surface area (Å²) in [5.41, 5.74) is 3.39. The van der Waals surface area contributed by atoms with Gasteiger partial charge in [0.25, 0.3) is 0 Å². The zero-order valence-electron chi connectivity index (χ0n) is 9.97. The summed E-state index contributed by atoms with van der Waals surface area (Å²) in [6.45, 7) is 0. The number of rotatable bonds is 4. The van der Waals surface area contributed by atoms with Crippen molar-refractivity contribution in [3.8, 4) is 0 Å². The molecule has 1 aromatic rings. The van der Waals surface area contributed by atoms with Crippen molar-refractivity contribution in [1.29, 1.82) is 0 Å². The third kappa shape index (κ3) is 3.28. The third-order valence-electron chi connectivity index (χ3n) is 3.35. The number of hydrazine groups is 1. The molecule has 0 aromatic heterocycles. The molecule has 4 nitrogen and oxygen atoms in total. The molecule has 1 saturated heterocycles. The minimum absolute atomic E-state index is 0.0966. The standard InChI is InChI=1S/C12H17FN2O2S/c13-11-3-1-2-10(7-11)12(15-14)6-9-4-5-18(16,17)8-9/h1-3,7,9,12,15H,4-6,8,14H2. The van der Waals surface area contributed by atoms with Crippen molar-refractivity contribution in [3.63, 3.8) is 0 Å². The molecule has 0 radical (unpaired) electrons. The molecule has 2 rings (SSSR count). The van der Waals surface area contributed by atoms with E-state index in [2.05, 4.69) is 5.43 Å². The summed E-state index contributed by atoms with van der Waals surface area (Å²) in [4.78, 5) is 0. The molecule has 18 heavy (non-hydrogen) atoms. The molecule has 1 aromatic carbocycles. The Morgan fingerprint density at radius 3 is 2.83 bits per heavy atom. The van der Waals surface area contributed by atoms with Crippen LogP contribution in [-0.4, -0.2) is 19.9 Å². The van der Waals surface area contributed by atoms with E-state index in [-0.39, 0.29) is 29.3 Å². The molecular formula is C12H17FN2O2S. The van der Waals surface area contributed by atoms with Crippen molar-refractivity contribution >= 4 is 9.84 Å². The van der Waals surface area contributed by atoms with E-state index in [1.807, 2.05) is 0 Å². The number of benzene rings is 1. The monoisotopic (exact) mass is 272 g/mol. The zero-order chi connectivity index (χ0) is 13.2. The maximum absolute atomic E-state index is 13.1. The van der Waals surface area contributed by atoms with Gasteiger partial charge in [0.2, 0.25) is 0 Å². The summed E-state index contributed by atoms with van der Waals surface area (Å²) in [7, 11) is -2.88. The van der Waals surface area contributed by atoms with Crippen LogP contribution in [0.2, 0.25) is 0 Å². The fourth-order valence-corrected chi connectivity index (χ4v) is 4.30. The minimum atomic E-state index is -2.88. The average molecular weight is 272 g/mol. The quantitative estimate of drug-likeness (QED) is 0.637. The molecule has 6 heteroatoms. The Hall–Kier alpha value is -0.980. The lowest BCUT2D eigenvalue weighted by atomic mass is 9.95. The van der Waals surface area contributed by atoms with E-state index in [0.29, 0.717) is 12.8 Å². The van der Waals surface area contributed by atoms with Gasteiger partial charge in [0.15, 0.2) is 9.84 Å². The van der Waals surface area contributed by atoms with Gasteiger partial charge in [0, 0.05) is 6.04 Å². The van der Waals surface area contributed by atoms with E-state index in [1.54, 1.807) is 12.1 Å². The molecule has 2 unspecified atom stereocenters. The van der Waals surface area contributed by atoms with Gasteiger partial charge in [-0.3, -0.25) is 11.3 Å². The molecule has 0 saturated carbocycles. The topological polar surface area (TPSA) is 72.2 Å². The van der Waals surface area contributed by atoms with Crippen LogP contribution in [0.25, 0.3) is 0 Å². The van der Waals surface area contributed by atoms with E-state index in [9.17, 15) is 12.8 Å². The second kappa shape index (κ2) is 5.34. The molecule has 0 aliphatic carbocycles. The third-order valence-corrected chi connectivity index (χ3v) is 5.18. The second-order valence-electron chi connectivity index (χ2n) is 4.78. The number of nitrogens with two attached hydrogens (primary N) is 1. The van der Waals surface area contributed by atoms with Crippen LogP contribution in [0.4, 0.5) is 4.39 Å². The molecule has 1 fully saturated rings. The number of halogens is 1. The predicted octanol–water partition coefficient (Wildman–Crippen LogP) is 1.15. The van der Waals surface area contributed by atoms with Crippen LogP contribution in [-0.2, 0) is 9.84 Å². The lowest BCUT2D eigenvalue weighted by molar-refractivity contribution is 0.420. The highest BCUT2D eigenvalue weighted by Crippen LogP contribution is 2.28. The van der Waals surface area contributed by atoms with Gasteiger partial charge >= 0.3 is 0 Å². The second-order valence-corrected chi connectivity index (χ2v) is 7.01. The van der Waals surface area contributed by atoms with Gasteiger partial charge in [-0.1, -0.05) is 12.1 Å². The van der Waals surface area contributed by atoms with Gasteiger partial charge < -0.3 is 0 Å². The molecular weight excluding hydrogens is 255 g/mol. The molecule has 0 bridgehead atoms. The highest BCUT2D eigenvalue weighted by Gasteiger charge is 2.29. The van der Waals surface area contributed by atoms with E-state index in [0.717, 1.165) is 5.56 Å². The van der Waals surface area contributed by atoms with Crippen molar-refractivity contribution in [1.82, 2.24) is 5.43 Å². The van der Waals surface area contributed by atoms with Gasteiger partial charge in [-0.15, -0.1) is 0 Å². The summed E-state index contributed by atoms with van der Waals surface area (Å²) in [5, 5.41) is 0. The first kappa shape index (κ1) is 13.5. The summed E-state index contributed by atoms with van der Waals surface area (Å²) in [5.74, 6) is 5.72. The lowest BCUT2D eigenvalue weighted by Gasteiger charge is -2.19. The first-order chi connectivity index (χ1) is 8.50. The summed E-state index contributed by atoms with van der Waals surface area (Å²) >= 11 is 0. The first-order valence-electron chi connectivity index (χ1n) is 5.92. The van der Waals surface area contributed by atoms with Crippen LogP contribution in [0, 0.1) is 11.7 Å². The lowest BCUT2D eigenvalue weighted by Crippen LogP contribution is -2.30. The molecule has 2 atom stereocenters. The molecule has 0 spiro atoms. The fourth-order valence-electron chi connectivity index (χ4n) is 2.41. The average Bonchev–Trinajstić information content (AvgIpc) is 2.65. The zero-order valence-corrected chi connectivity index (χ0v) is 10.8. The van der Waals surface area contributed by atoms with Crippen LogP contribution < -0.4 is 11.3 Å². The summed E-state index contributed by atoms with van der Waals surface area (Å²) in [6.07, 6.45) is 1.27. The molecule has 1 heterocycles. The van der Waals surface area contributed by atoms with Crippen molar-refractivity contribution < 1.29 is 12.8 Å². The van der Waals surface area contributed by atoms with Crippen LogP contribution in [0.1, 0.15) is 24.4 Å². The maximum atomic E-state index is 13.1. The van der Waals surface area contributed by atoms with Crippen molar-refractivity contribution in [3.05, 3.63) is 35.6 Å². The van der Waals surface area contributed by atoms with Crippen molar-refractivity contribution in [2.24, 2.45) is 11.8 Å². The molecule has 1 aliphatic rings. The fraction of sp³-hybridized carbons (Fsp3) is 0.500. The molecule has 1 aliphatic heterocycles. The van der Waals surface area contributed by atoms with Gasteiger partial charge in [-0.2, -0.15) is 0 Å². The molecule has 100 valence electrons. The van der Waals surface area contributed by atoms with Gasteiger partial charge in [0.1, 0.15) is 5.82 Å². The Morgan fingerprint density at radius 1 is 1.50 bits per heavy atom. The normalized spacial score (nSPS) is 24.0. The summed E-state index contributed by atoms with van der Waals surface area (Å²) in [6, 6.07) is 6.00. The van der Waals surface area contributed by atoms with Crippen molar-refractivity contribution in [2.75, 3.05) is 11.5 Å². The van der Waals surface area contributed by atoms with Gasteiger partial charge in [0.05, 0.1) is 11.5 Å². The number of nitrogens with one attached hydrogen (secondary N) is 1. The van der Waals surface area contributed by atoms with E-state index in [4.69, 9.17) is 5.84 Å². The predicted molar refractivity (Wildman–Crippen MR) is 67.8 cm³/mol. The Kier molecular flexibility index (Phi) is 3.99. The Balaban J connectivity index is 2.06. The van der Waals surface area contributed by atoms with Crippen LogP contribution in [0.5, 0.6) is 0 Å². The highest BCUT2D eigenvalue weighted by atomic mass is 32.2. The highest BCUT2D eigenvalue weighted by molar-refractivity contribution is 7.91. The molecule has 0 amide bonds. The molecule has 3 N–H and O–H groups in total. The van der Waals surface area contributed by atoms with E-state index in [1.165, 1.54) is 12.1 Å². The minimum Gasteiger partial charge on any atom is -0.271 e. The van der Waals surface area contributed by atoms with E-state index < -0.39 is 9.84 Å². The number of sulfone groups is 1. The Morgan fingerprint density at radius 2 is 2.28 bits per heavy atom. The van der Waals surface area contributed by atoms with Crippen LogP contribution in [0.15, 0.2) is 24.3 Å². The SMILES string of the molecule is NNC(CC1CCS(=O)(=O)C1)c1cccc(F)c1. The summed E-state index contributed by atoms with van der Waals surface area (Å²) < 4.78 is 35.9. The smallest absolute Gasteiger partial charge is 0.150 e. The van der Waals surface area contributed by atoms with Crippen LogP contribution >= 0.6 is 0 Å².